The van der Waals surface area contributed by atoms with Gasteiger partial charge in [-0.2, -0.15) is 0 Å². The van der Waals surface area contributed by atoms with Crippen molar-refractivity contribution in [2.75, 3.05) is 0 Å². The fourth-order valence-electron chi connectivity index (χ4n) is 9.11. The zero-order valence-electron chi connectivity index (χ0n) is 30.8. The summed E-state index contributed by atoms with van der Waals surface area (Å²) in [4.78, 5) is 0. The molecule has 11 aromatic carbocycles. The topological polar surface area (TPSA) is 0 Å². The van der Waals surface area contributed by atoms with Gasteiger partial charge in [0, 0.05) is 0 Å². The summed E-state index contributed by atoms with van der Waals surface area (Å²) in [5, 5.41) is 12.6. The number of rotatable bonds is 5. The molecule has 56 heavy (non-hydrogen) atoms. The molecule has 0 radical (unpaired) electrons. The average molecular weight is 709 g/mol. The first-order chi connectivity index (χ1) is 27.8. The second-order valence-corrected chi connectivity index (χ2v) is 14.8. The molecule has 0 saturated carbocycles. The summed E-state index contributed by atoms with van der Waals surface area (Å²) in [5.74, 6) is 0. The molecule has 0 unspecified atom stereocenters. The summed E-state index contributed by atoms with van der Waals surface area (Å²) in [6, 6.07) is 80.4. The highest BCUT2D eigenvalue weighted by Gasteiger charge is 2.20. The Hall–Kier alpha value is -7.28. The van der Waals surface area contributed by atoms with Gasteiger partial charge in [0.25, 0.3) is 0 Å². The van der Waals surface area contributed by atoms with Crippen LogP contribution in [-0.4, -0.2) is 0 Å². The molecule has 0 aliphatic rings. The van der Waals surface area contributed by atoms with E-state index < -0.39 is 0 Å². The molecule has 11 aromatic rings. The van der Waals surface area contributed by atoms with Gasteiger partial charge in [-0.25, -0.2) is 0 Å². The van der Waals surface area contributed by atoms with Crippen molar-refractivity contribution in [1.29, 1.82) is 0 Å². The molecular formula is C56H36. The lowest BCUT2D eigenvalue weighted by Gasteiger charge is -2.20. The first-order valence-electron chi connectivity index (χ1n) is 19.4. The molecule has 0 heteroatoms. The molecule has 0 aliphatic heterocycles. The maximum atomic E-state index is 2.45. The van der Waals surface area contributed by atoms with E-state index in [1.807, 2.05) is 0 Å². The van der Waals surface area contributed by atoms with Crippen molar-refractivity contribution in [3.8, 4) is 55.6 Å². The zero-order valence-corrected chi connectivity index (χ0v) is 30.8. The van der Waals surface area contributed by atoms with Crippen molar-refractivity contribution in [3.63, 3.8) is 0 Å². The highest BCUT2D eigenvalue weighted by molar-refractivity contribution is 6.24. The summed E-state index contributed by atoms with van der Waals surface area (Å²) in [7, 11) is 0. The van der Waals surface area contributed by atoms with Crippen LogP contribution in [0.1, 0.15) is 0 Å². The SMILES string of the molecule is c1ccc(-c2cccc3ccccc23)c(-c2ccc3c(-c4cccc5ccccc45)c4ccccc4c(-c4ccc(-c5cccc6ccccc56)cc4)c3c2)c1. The third kappa shape index (κ3) is 5.22. The first kappa shape index (κ1) is 32.2. The monoisotopic (exact) mass is 708 g/mol. The maximum absolute atomic E-state index is 2.45. The van der Waals surface area contributed by atoms with E-state index in [2.05, 4.69) is 218 Å². The normalized spacial score (nSPS) is 11.6. The molecule has 0 spiro atoms. The Balaban J connectivity index is 1.19. The number of hydrogen-bond donors (Lipinski definition) is 0. The molecule has 0 nitrogen and oxygen atoms in total. The van der Waals surface area contributed by atoms with Crippen LogP contribution in [0.2, 0.25) is 0 Å². The number of benzene rings is 11. The van der Waals surface area contributed by atoms with Crippen molar-refractivity contribution in [3.05, 3.63) is 218 Å². The first-order valence-corrected chi connectivity index (χ1v) is 19.4. The number of fused-ring (bicyclic) bond motifs is 5. The molecule has 0 saturated heterocycles. The van der Waals surface area contributed by atoms with E-state index in [9.17, 15) is 0 Å². The van der Waals surface area contributed by atoms with Crippen LogP contribution in [0.4, 0.5) is 0 Å². The maximum Gasteiger partial charge on any atom is -0.00201 e. The Labute approximate surface area is 326 Å². The largest absolute Gasteiger partial charge is 0.0616 e. The van der Waals surface area contributed by atoms with Crippen LogP contribution in [0.5, 0.6) is 0 Å². The molecular weight excluding hydrogens is 673 g/mol. The molecule has 0 amide bonds. The quantitative estimate of drug-likeness (QED) is 0.156. The molecule has 0 bridgehead atoms. The van der Waals surface area contributed by atoms with Gasteiger partial charge < -0.3 is 0 Å². The molecule has 0 N–H and O–H groups in total. The van der Waals surface area contributed by atoms with Crippen LogP contribution in [0, 0.1) is 0 Å². The molecule has 0 aliphatic carbocycles. The summed E-state index contributed by atoms with van der Waals surface area (Å²) < 4.78 is 0. The van der Waals surface area contributed by atoms with E-state index >= 15 is 0 Å². The number of hydrogen-bond acceptors (Lipinski definition) is 0. The van der Waals surface area contributed by atoms with Crippen LogP contribution in [0.25, 0.3) is 109 Å². The Morgan fingerprint density at radius 2 is 0.571 bits per heavy atom. The lowest BCUT2D eigenvalue weighted by molar-refractivity contribution is 1.61. The van der Waals surface area contributed by atoms with E-state index in [1.54, 1.807) is 0 Å². The van der Waals surface area contributed by atoms with Gasteiger partial charge in [-0.3, -0.25) is 0 Å². The highest BCUT2D eigenvalue weighted by Crippen LogP contribution is 2.47. The highest BCUT2D eigenvalue weighted by atomic mass is 14.2. The van der Waals surface area contributed by atoms with E-state index in [0.717, 1.165) is 0 Å². The summed E-state index contributed by atoms with van der Waals surface area (Å²) in [6.07, 6.45) is 0. The smallest absolute Gasteiger partial charge is 0.00201 e. The minimum Gasteiger partial charge on any atom is -0.0616 e. The van der Waals surface area contributed by atoms with E-state index in [1.165, 1.54) is 109 Å². The average Bonchev–Trinajstić information content (AvgIpc) is 3.27. The fraction of sp³-hybridized carbons (Fsp3) is 0. The van der Waals surface area contributed by atoms with Crippen LogP contribution >= 0.6 is 0 Å². The molecule has 0 aromatic heterocycles. The van der Waals surface area contributed by atoms with E-state index in [4.69, 9.17) is 0 Å². The molecule has 0 fully saturated rings. The molecule has 11 rings (SSSR count). The Morgan fingerprint density at radius 1 is 0.179 bits per heavy atom. The van der Waals surface area contributed by atoms with Gasteiger partial charge in [-0.1, -0.05) is 212 Å². The van der Waals surface area contributed by atoms with Gasteiger partial charge >= 0.3 is 0 Å². The fourth-order valence-corrected chi connectivity index (χ4v) is 9.11. The van der Waals surface area contributed by atoms with Gasteiger partial charge in [-0.05, 0) is 116 Å². The Bertz CT molecular complexity index is 3280. The van der Waals surface area contributed by atoms with Gasteiger partial charge in [0.15, 0.2) is 0 Å². The second-order valence-electron chi connectivity index (χ2n) is 14.8. The van der Waals surface area contributed by atoms with Gasteiger partial charge in [0.05, 0.1) is 0 Å². The van der Waals surface area contributed by atoms with E-state index in [-0.39, 0.29) is 0 Å². The molecule has 0 atom stereocenters. The standard InChI is InChI=1S/C56H36/c1-4-20-43-37(14-1)17-11-27-44(43)40-30-32-41(33-31-40)55-51-25-9-10-26-52(51)56(50-29-13-19-39-16-3-6-22-46(39)50)53-35-34-42(36-54(53)55)47-23-7-8-24-48(47)49-28-12-18-38-15-2-5-21-45(38)49/h1-36H. The Morgan fingerprint density at radius 3 is 1.21 bits per heavy atom. The minimum atomic E-state index is 1.20. The summed E-state index contributed by atoms with van der Waals surface area (Å²) in [5.41, 5.74) is 12.4. The van der Waals surface area contributed by atoms with Gasteiger partial charge in [0.2, 0.25) is 0 Å². The van der Waals surface area contributed by atoms with Crippen LogP contribution in [0.3, 0.4) is 0 Å². The lowest BCUT2D eigenvalue weighted by Crippen LogP contribution is -1.93. The van der Waals surface area contributed by atoms with Crippen molar-refractivity contribution in [2.45, 2.75) is 0 Å². The van der Waals surface area contributed by atoms with Crippen molar-refractivity contribution in [2.24, 2.45) is 0 Å². The third-order valence-corrected chi connectivity index (χ3v) is 11.7. The third-order valence-electron chi connectivity index (χ3n) is 11.7. The molecule has 0 heterocycles. The minimum absolute atomic E-state index is 1.20. The van der Waals surface area contributed by atoms with Gasteiger partial charge in [-0.15, -0.1) is 0 Å². The zero-order chi connectivity index (χ0) is 37.0. The predicted molar refractivity (Wildman–Crippen MR) is 241 cm³/mol. The summed E-state index contributed by atoms with van der Waals surface area (Å²) >= 11 is 0. The van der Waals surface area contributed by atoms with Crippen molar-refractivity contribution < 1.29 is 0 Å². The van der Waals surface area contributed by atoms with Crippen molar-refractivity contribution >= 4 is 53.9 Å². The Kier molecular flexibility index (Phi) is 7.60. The van der Waals surface area contributed by atoms with Crippen LogP contribution in [-0.2, 0) is 0 Å². The van der Waals surface area contributed by atoms with Crippen LogP contribution in [0.15, 0.2) is 218 Å². The van der Waals surface area contributed by atoms with Crippen LogP contribution < -0.4 is 0 Å². The summed E-state index contributed by atoms with van der Waals surface area (Å²) in [6.45, 7) is 0. The van der Waals surface area contributed by atoms with Gasteiger partial charge in [0.1, 0.15) is 0 Å². The lowest BCUT2D eigenvalue weighted by atomic mass is 9.83. The predicted octanol–water partition coefficient (Wildman–Crippen LogP) is 15.8. The molecule has 260 valence electrons. The van der Waals surface area contributed by atoms with Crippen molar-refractivity contribution in [1.82, 2.24) is 0 Å². The van der Waals surface area contributed by atoms with E-state index in [0.29, 0.717) is 0 Å². The second kappa shape index (κ2) is 13.2.